The third kappa shape index (κ3) is 7.52. The maximum atomic E-state index is 13.0. The number of benzene rings is 1. The Morgan fingerprint density at radius 3 is 2.29 bits per heavy atom. The molecule has 0 saturated carbocycles. The van der Waals surface area contributed by atoms with Gasteiger partial charge in [0.05, 0.1) is 0 Å². The van der Waals surface area contributed by atoms with Gasteiger partial charge in [-0.1, -0.05) is 32.9 Å². The summed E-state index contributed by atoms with van der Waals surface area (Å²) in [6, 6.07) is 4.12. The molecule has 8 nitrogen and oxygen atoms in total. The zero-order valence-corrected chi connectivity index (χ0v) is 20.6. The van der Waals surface area contributed by atoms with Gasteiger partial charge in [0.1, 0.15) is 11.7 Å². The van der Waals surface area contributed by atoms with Gasteiger partial charge in [-0.3, -0.25) is 24.1 Å². The monoisotopic (exact) mass is 441 g/mol. The quantitative estimate of drug-likeness (QED) is 0.283. The van der Waals surface area contributed by atoms with E-state index in [0.717, 1.165) is 0 Å². The van der Waals surface area contributed by atoms with Gasteiger partial charge in [-0.2, -0.15) is 0 Å². The number of ketones is 1. The molecule has 2 N–H and O–H groups in total. The molecule has 1 heterocycles. The van der Waals surface area contributed by atoms with Gasteiger partial charge in [0.2, 0.25) is 5.91 Å². The number of hydrogen-bond donors (Lipinski definition) is 2. The maximum absolute atomic E-state index is 13.0. The van der Waals surface area contributed by atoms with Crippen LogP contribution in [0.25, 0.3) is 0 Å². The SMILES string of the molecule is CC(=O)NCCCN1C(=O)C(=O)C(C(=O)NCc2ccc(F)cc2)N=C1C(C)(C)C.[Na]. The van der Waals surface area contributed by atoms with Crippen molar-refractivity contribution in [2.75, 3.05) is 13.1 Å². The van der Waals surface area contributed by atoms with E-state index in [2.05, 4.69) is 15.6 Å². The Bertz CT molecular complexity index is 865. The zero-order valence-electron chi connectivity index (χ0n) is 18.6. The molecule has 1 unspecified atom stereocenters. The molecule has 1 aliphatic rings. The average molecular weight is 441 g/mol. The first kappa shape index (κ1) is 26.9. The van der Waals surface area contributed by atoms with E-state index >= 15 is 0 Å². The molecular formula is C21H27FN4NaO4. The predicted octanol–water partition coefficient (Wildman–Crippen LogP) is 0.812. The van der Waals surface area contributed by atoms with Crippen LogP contribution in [0.3, 0.4) is 0 Å². The number of amides is 3. The summed E-state index contributed by atoms with van der Waals surface area (Å²) in [6.07, 6.45) is 0.440. The van der Waals surface area contributed by atoms with Crippen LogP contribution in [-0.2, 0) is 25.7 Å². The van der Waals surface area contributed by atoms with Crippen LogP contribution in [0.1, 0.15) is 39.7 Å². The van der Waals surface area contributed by atoms with Crippen LogP contribution in [-0.4, -0.2) is 82.9 Å². The van der Waals surface area contributed by atoms with Crippen LogP contribution in [0.2, 0.25) is 0 Å². The second kappa shape index (κ2) is 11.5. The fraction of sp³-hybridized carbons (Fsp3) is 0.476. The first-order chi connectivity index (χ1) is 14.0. The summed E-state index contributed by atoms with van der Waals surface area (Å²) < 4.78 is 13.0. The topological polar surface area (TPSA) is 108 Å². The fourth-order valence-electron chi connectivity index (χ4n) is 2.97. The van der Waals surface area contributed by atoms with E-state index in [1.165, 1.54) is 36.1 Å². The molecule has 0 aromatic heterocycles. The number of rotatable bonds is 7. The molecule has 0 fully saturated rings. The van der Waals surface area contributed by atoms with Crippen molar-refractivity contribution >= 4 is 58.9 Å². The minimum atomic E-state index is -1.46. The molecule has 1 aromatic carbocycles. The normalized spacial score (nSPS) is 16.4. The molecule has 0 aliphatic carbocycles. The van der Waals surface area contributed by atoms with Crippen LogP contribution < -0.4 is 10.6 Å². The number of carbonyl (C=O) groups excluding carboxylic acids is 4. The molecule has 2 rings (SSSR count). The van der Waals surface area contributed by atoms with Crippen LogP contribution in [0.4, 0.5) is 4.39 Å². The van der Waals surface area contributed by atoms with Crippen LogP contribution in [0, 0.1) is 11.2 Å². The van der Waals surface area contributed by atoms with Crippen molar-refractivity contribution in [2.45, 2.75) is 46.7 Å². The molecule has 0 bridgehead atoms. The van der Waals surface area contributed by atoms with Gasteiger partial charge in [0.25, 0.3) is 17.6 Å². The third-order valence-electron chi connectivity index (χ3n) is 4.44. The van der Waals surface area contributed by atoms with Gasteiger partial charge in [0.15, 0.2) is 6.04 Å². The van der Waals surface area contributed by atoms with Crippen LogP contribution in [0.5, 0.6) is 0 Å². The van der Waals surface area contributed by atoms with E-state index in [0.29, 0.717) is 24.4 Å². The van der Waals surface area contributed by atoms with Gasteiger partial charge in [-0.05, 0) is 24.1 Å². The van der Waals surface area contributed by atoms with Gasteiger partial charge in [-0.25, -0.2) is 9.38 Å². The second-order valence-electron chi connectivity index (χ2n) is 8.11. The maximum Gasteiger partial charge on any atom is 0.298 e. The second-order valence-corrected chi connectivity index (χ2v) is 8.11. The average Bonchev–Trinajstić information content (AvgIpc) is 2.66. The van der Waals surface area contributed by atoms with Crippen molar-refractivity contribution in [3.8, 4) is 0 Å². The van der Waals surface area contributed by atoms with Crippen molar-refractivity contribution in [1.82, 2.24) is 15.5 Å². The Morgan fingerprint density at radius 2 is 1.74 bits per heavy atom. The smallest absolute Gasteiger partial charge is 0.298 e. The zero-order chi connectivity index (χ0) is 22.5. The van der Waals surface area contributed by atoms with Crippen LogP contribution >= 0.6 is 0 Å². The first-order valence-electron chi connectivity index (χ1n) is 9.71. The summed E-state index contributed by atoms with van der Waals surface area (Å²) in [5.41, 5.74) is 0.0683. The molecule has 1 aromatic rings. The molecule has 3 amide bonds. The van der Waals surface area contributed by atoms with E-state index in [-0.39, 0.29) is 48.6 Å². The molecular weight excluding hydrogens is 414 g/mol. The third-order valence-corrected chi connectivity index (χ3v) is 4.44. The van der Waals surface area contributed by atoms with Crippen molar-refractivity contribution in [3.05, 3.63) is 35.6 Å². The molecule has 1 aliphatic heterocycles. The molecule has 31 heavy (non-hydrogen) atoms. The van der Waals surface area contributed by atoms with E-state index in [1.807, 2.05) is 20.8 Å². The van der Waals surface area contributed by atoms with Gasteiger partial charge in [0, 0.05) is 61.5 Å². The molecule has 0 spiro atoms. The number of nitrogens with one attached hydrogen (secondary N) is 2. The van der Waals surface area contributed by atoms with Crippen molar-refractivity contribution < 1.29 is 23.6 Å². The molecule has 10 heteroatoms. The fourth-order valence-corrected chi connectivity index (χ4v) is 2.97. The summed E-state index contributed by atoms with van der Waals surface area (Å²) in [5, 5.41) is 5.22. The van der Waals surface area contributed by atoms with Crippen molar-refractivity contribution in [3.63, 3.8) is 0 Å². The Morgan fingerprint density at radius 1 is 1.13 bits per heavy atom. The van der Waals surface area contributed by atoms with E-state index < -0.39 is 34.9 Å². The van der Waals surface area contributed by atoms with Gasteiger partial charge in [-0.15, -0.1) is 0 Å². The Kier molecular flexibility index (Phi) is 9.99. The summed E-state index contributed by atoms with van der Waals surface area (Å²) in [5.74, 6) is -2.61. The summed E-state index contributed by atoms with van der Waals surface area (Å²) >= 11 is 0. The molecule has 1 radical (unpaired) electrons. The van der Waals surface area contributed by atoms with Gasteiger partial charge < -0.3 is 10.6 Å². The predicted molar refractivity (Wildman–Crippen MR) is 115 cm³/mol. The number of nitrogens with zero attached hydrogens (tertiary/aromatic N) is 2. The summed E-state index contributed by atoms with van der Waals surface area (Å²) in [6.45, 7) is 7.54. The van der Waals surface area contributed by atoms with E-state index in [4.69, 9.17) is 0 Å². The molecule has 163 valence electrons. The Hall–Kier alpha value is -2.10. The number of Topliss-reactive ketones (excluding diaryl/α,β-unsaturated/α-hetero) is 1. The number of hydrogen-bond acceptors (Lipinski definition) is 5. The Labute approximate surface area is 203 Å². The van der Waals surface area contributed by atoms with E-state index in [1.54, 1.807) is 0 Å². The summed E-state index contributed by atoms with van der Waals surface area (Å²) in [4.78, 5) is 54.5. The number of halogens is 1. The standard InChI is InChI=1S/C21H27FN4O4.Na/c1-13(27)23-10-5-11-26-19(30)17(28)16(25-20(26)21(2,3)4)18(29)24-12-14-6-8-15(22)9-7-14;/h6-9,16H,5,10-12H2,1-4H3,(H,23,27)(H,24,29);. The minimum Gasteiger partial charge on any atom is -0.356 e. The number of aliphatic imine (C=N–C) groups is 1. The van der Waals surface area contributed by atoms with E-state index in [9.17, 15) is 23.6 Å². The number of carbonyl (C=O) groups is 4. The van der Waals surface area contributed by atoms with Gasteiger partial charge >= 0.3 is 0 Å². The molecule has 0 saturated heterocycles. The van der Waals surface area contributed by atoms with Crippen molar-refractivity contribution in [2.24, 2.45) is 10.4 Å². The number of amidine groups is 1. The van der Waals surface area contributed by atoms with Crippen LogP contribution in [0.15, 0.2) is 29.3 Å². The first-order valence-corrected chi connectivity index (χ1v) is 9.71. The minimum absolute atomic E-state index is 0. The largest absolute Gasteiger partial charge is 0.356 e. The summed E-state index contributed by atoms with van der Waals surface area (Å²) in [7, 11) is 0. The Balaban J connectivity index is 0.00000480. The molecule has 1 atom stereocenters. The van der Waals surface area contributed by atoms with Crippen molar-refractivity contribution in [1.29, 1.82) is 0 Å².